The van der Waals surface area contributed by atoms with Crippen LogP contribution in [0, 0.1) is 5.92 Å². The predicted molar refractivity (Wildman–Crippen MR) is 139 cm³/mol. The predicted octanol–water partition coefficient (Wildman–Crippen LogP) is 3.05. The fourth-order valence-corrected chi connectivity index (χ4v) is 3.90. The number of aromatic nitrogens is 2. The molecule has 0 spiro atoms. The van der Waals surface area contributed by atoms with Gasteiger partial charge in [0.1, 0.15) is 5.69 Å². The maximum absolute atomic E-state index is 12.8. The topological polar surface area (TPSA) is 139 Å². The molecule has 11 heteroatoms. The number of H-pyrrole nitrogens is 1. The van der Waals surface area contributed by atoms with Crippen molar-refractivity contribution in [2.24, 2.45) is 5.92 Å². The highest BCUT2D eigenvalue weighted by molar-refractivity contribution is 6.30. The summed E-state index contributed by atoms with van der Waals surface area (Å²) in [6.07, 6.45) is -1.73. The Morgan fingerprint density at radius 3 is 2.38 bits per heavy atom. The first-order valence-electron chi connectivity index (χ1n) is 11.7. The number of hydrogen-bond donors (Lipinski definition) is 4. The molecule has 1 heterocycles. The molecule has 0 radical (unpaired) electrons. The van der Waals surface area contributed by atoms with Crippen molar-refractivity contribution in [2.45, 2.75) is 26.5 Å². The number of benzene rings is 2. The number of halogens is 1. The van der Waals surface area contributed by atoms with Crippen molar-refractivity contribution in [3.05, 3.63) is 76.6 Å². The van der Waals surface area contributed by atoms with Crippen molar-refractivity contribution < 1.29 is 24.6 Å². The van der Waals surface area contributed by atoms with E-state index in [2.05, 4.69) is 15.6 Å². The summed E-state index contributed by atoms with van der Waals surface area (Å²) in [6.45, 7) is 4.25. The van der Waals surface area contributed by atoms with E-state index in [1.807, 2.05) is 56.3 Å². The third-order valence-corrected chi connectivity index (χ3v) is 5.69. The van der Waals surface area contributed by atoms with Crippen LogP contribution in [-0.4, -0.2) is 74.3 Å². The van der Waals surface area contributed by atoms with E-state index in [9.17, 15) is 19.5 Å². The smallest absolute Gasteiger partial charge is 0.333 e. The van der Waals surface area contributed by atoms with E-state index >= 15 is 0 Å². The van der Waals surface area contributed by atoms with Crippen LogP contribution in [0.1, 0.15) is 40.4 Å². The average Bonchev–Trinajstić information content (AvgIpc) is 3.34. The Labute approximate surface area is 219 Å². The van der Waals surface area contributed by atoms with E-state index in [1.165, 1.54) is 16.0 Å². The lowest BCUT2D eigenvalue weighted by Crippen LogP contribution is -2.47. The van der Waals surface area contributed by atoms with Crippen LogP contribution in [0.15, 0.2) is 54.6 Å². The quantitative estimate of drug-likeness (QED) is 0.281. The summed E-state index contributed by atoms with van der Waals surface area (Å²) in [6, 6.07) is 16.2. The van der Waals surface area contributed by atoms with Crippen molar-refractivity contribution >= 4 is 29.4 Å². The van der Waals surface area contributed by atoms with Crippen LogP contribution >= 0.6 is 11.6 Å². The molecule has 37 heavy (non-hydrogen) atoms. The van der Waals surface area contributed by atoms with Gasteiger partial charge in [-0.1, -0.05) is 61.8 Å². The Morgan fingerprint density at radius 1 is 1.05 bits per heavy atom. The number of carboxylic acids is 1. The highest BCUT2D eigenvalue weighted by Gasteiger charge is 2.23. The first-order chi connectivity index (χ1) is 17.5. The maximum atomic E-state index is 12.8. The minimum Gasteiger partial charge on any atom is -0.479 e. The molecular formula is C26H30ClN5O5. The molecule has 0 bridgehead atoms. The van der Waals surface area contributed by atoms with E-state index in [1.54, 1.807) is 13.1 Å². The van der Waals surface area contributed by atoms with E-state index < -0.39 is 18.0 Å². The van der Waals surface area contributed by atoms with Crippen LogP contribution in [0.3, 0.4) is 0 Å². The second kappa shape index (κ2) is 12.5. The van der Waals surface area contributed by atoms with Gasteiger partial charge in [0.25, 0.3) is 11.8 Å². The molecule has 10 nitrogen and oxygen atoms in total. The summed E-state index contributed by atoms with van der Waals surface area (Å²) in [7, 11) is 1.66. The third-order valence-electron chi connectivity index (χ3n) is 5.45. The normalized spacial score (nSPS) is 12.0. The molecule has 1 aromatic heterocycles. The molecule has 0 saturated carbocycles. The van der Waals surface area contributed by atoms with Crippen LogP contribution in [0.4, 0.5) is 0 Å². The van der Waals surface area contributed by atoms with Crippen LogP contribution in [0.25, 0.3) is 11.1 Å². The van der Waals surface area contributed by atoms with Crippen molar-refractivity contribution in [2.75, 3.05) is 20.1 Å². The number of amides is 2. The van der Waals surface area contributed by atoms with Gasteiger partial charge in [-0.15, -0.1) is 0 Å². The Hall–Kier alpha value is -3.73. The van der Waals surface area contributed by atoms with E-state index in [-0.39, 0.29) is 36.3 Å². The molecule has 1 atom stereocenters. The van der Waals surface area contributed by atoms with Gasteiger partial charge in [0, 0.05) is 31.2 Å². The van der Waals surface area contributed by atoms with Gasteiger partial charge in [-0.05, 0) is 34.7 Å². The molecular weight excluding hydrogens is 498 g/mol. The van der Waals surface area contributed by atoms with Gasteiger partial charge in [-0.25, -0.2) is 9.80 Å². The molecule has 2 aromatic carbocycles. The molecule has 0 fully saturated rings. The molecule has 196 valence electrons. The first kappa shape index (κ1) is 27.9. The lowest BCUT2D eigenvalue weighted by atomic mass is 10.0. The van der Waals surface area contributed by atoms with Crippen molar-refractivity contribution in [3.8, 4) is 11.1 Å². The van der Waals surface area contributed by atoms with Gasteiger partial charge in [0.2, 0.25) is 0 Å². The van der Waals surface area contributed by atoms with Crippen LogP contribution in [0.5, 0.6) is 0 Å². The Kier molecular flexibility index (Phi) is 9.40. The molecule has 3 rings (SSSR count). The second-order valence-electron chi connectivity index (χ2n) is 9.13. The van der Waals surface area contributed by atoms with Gasteiger partial charge in [0.15, 0.2) is 11.8 Å². The molecule has 0 aliphatic carbocycles. The second-order valence-corrected chi connectivity index (χ2v) is 9.57. The number of aromatic amines is 1. The fraction of sp³-hybridized carbons (Fsp3) is 0.308. The maximum Gasteiger partial charge on any atom is 0.333 e. The van der Waals surface area contributed by atoms with Crippen LogP contribution < -0.4 is 5.43 Å². The number of aliphatic carboxylic acids is 1. The Bertz CT molecular complexity index is 1240. The number of nitrogens with one attached hydrogen (secondary N) is 2. The van der Waals surface area contributed by atoms with Crippen LogP contribution in [0.2, 0.25) is 5.02 Å². The number of rotatable bonds is 11. The van der Waals surface area contributed by atoms with Gasteiger partial charge < -0.3 is 15.1 Å². The molecule has 2 amide bonds. The lowest BCUT2D eigenvalue weighted by molar-refractivity contribution is -0.148. The van der Waals surface area contributed by atoms with E-state index in [0.717, 1.165) is 16.7 Å². The monoisotopic (exact) mass is 527 g/mol. The molecule has 0 aliphatic heterocycles. The number of carbonyl (C=O) groups excluding carboxylic acids is 2. The average molecular weight is 528 g/mol. The molecule has 0 saturated heterocycles. The summed E-state index contributed by atoms with van der Waals surface area (Å²) >= 11 is 6.07. The van der Waals surface area contributed by atoms with Gasteiger partial charge >= 0.3 is 5.97 Å². The highest BCUT2D eigenvalue weighted by Crippen LogP contribution is 2.23. The minimum atomic E-state index is -1.73. The number of hydrazine groups is 1. The zero-order chi connectivity index (χ0) is 27.1. The molecule has 3 aromatic rings. The number of hydrogen-bond acceptors (Lipinski definition) is 6. The number of carboxylic acid groups (broad SMARTS) is 1. The SMILES string of the molecule is CC(C)CN(C)C(=O)c1cc(C(=O)NN(Cc2ccc(-c3cccc(Cl)c3)cc2)C[C@@H](O)C(=O)O)n[nH]1. The Balaban J connectivity index is 1.72. The van der Waals surface area contributed by atoms with Gasteiger partial charge in [0.05, 0.1) is 6.54 Å². The Morgan fingerprint density at radius 2 is 1.76 bits per heavy atom. The van der Waals surface area contributed by atoms with Gasteiger partial charge in [-0.3, -0.25) is 20.1 Å². The van der Waals surface area contributed by atoms with E-state index in [4.69, 9.17) is 16.7 Å². The minimum absolute atomic E-state index is 0.0487. The summed E-state index contributed by atoms with van der Waals surface area (Å²) in [5, 5.41) is 27.5. The zero-order valence-electron chi connectivity index (χ0n) is 20.8. The fourth-order valence-electron chi connectivity index (χ4n) is 3.71. The van der Waals surface area contributed by atoms with Crippen molar-refractivity contribution in [1.29, 1.82) is 0 Å². The molecule has 4 N–H and O–H groups in total. The lowest BCUT2D eigenvalue weighted by Gasteiger charge is -2.24. The largest absolute Gasteiger partial charge is 0.479 e. The zero-order valence-corrected chi connectivity index (χ0v) is 21.6. The number of carbonyl (C=O) groups is 3. The van der Waals surface area contributed by atoms with E-state index in [0.29, 0.717) is 11.6 Å². The molecule has 0 aliphatic rings. The highest BCUT2D eigenvalue weighted by atomic mass is 35.5. The summed E-state index contributed by atoms with van der Waals surface area (Å²) in [4.78, 5) is 38.2. The number of aliphatic hydroxyl groups is 1. The summed E-state index contributed by atoms with van der Waals surface area (Å²) in [5.74, 6) is -2.11. The summed E-state index contributed by atoms with van der Waals surface area (Å²) < 4.78 is 0. The first-order valence-corrected chi connectivity index (χ1v) is 12.0. The van der Waals surface area contributed by atoms with Gasteiger partial charge in [-0.2, -0.15) is 5.10 Å². The third kappa shape index (κ3) is 7.88. The number of nitrogens with zero attached hydrogens (tertiary/aromatic N) is 3. The van der Waals surface area contributed by atoms with Crippen molar-refractivity contribution in [1.82, 2.24) is 25.5 Å². The standard InChI is InChI=1S/C26H30ClN5O5/c1-16(2)13-31(3)25(35)22-12-21(28-29-22)24(34)30-32(15-23(33)26(36)37)14-17-7-9-18(10-8-17)19-5-4-6-20(27)11-19/h4-12,16,23,33H,13-15H2,1-3H3,(H,28,29)(H,30,34)(H,36,37)/t23-/m1/s1. The number of aliphatic hydroxyl groups excluding tert-OH is 1. The molecule has 0 unspecified atom stereocenters. The van der Waals surface area contributed by atoms with Crippen molar-refractivity contribution in [3.63, 3.8) is 0 Å². The summed E-state index contributed by atoms with van der Waals surface area (Å²) in [5.41, 5.74) is 5.32. The van der Waals surface area contributed by atoms with Crippen LogP contribution in [-0.2, 0) is 11.3 Å².